The van der Waals surface area contributed by atoms with E-state index in [2.05, 4.69) is 20.1 Å². The maximum absolute atomic E-state index is 12.7. The van der Waals surface area contributed by atoms with Crippen LogP contribution in [0.15, 0.2) is 85.2 Å². The Hall–Kier alpha value is -3.71. The molecule has 1 amide bonds. The van der Waals surface area contributed by atoms with Crippen LogP contribution < -0.4 is 10.2 Å². The van der Waals surface area contributed by atoms with Gasteiger partial charge in [0.25, 0.3) is 5.91 Å². The van der Waals surface area contributed by atoms with Crippen molar-refractivity contribution in [3.8, 4) is 0 Å². The van der Waals surface area contributed by atoms with Crippen molar-refractivity contribution in [1.29, 1.82) is 0 Å². The third-order valence-electron chi connectivity index (χ3n) is 5.72. The highest BCUT2D eigenvalue weighted by molar-refractivity contribution is 5.94. The molecule has 7 heteroatoms. The van der Waals surface area contributed by atoms with E-state index in [9.17, 15) is 9.59 Å². The van der Waals surface area contributed by atoms with Crippen LogP contribution >= 0.6 is 0 Å². The van der Waals surface area contributed by atoms with Crippen LogP contribution in [-0.4, -0.2) is 54.7 Å². The fourth-order valence-corrected chi connectivity index (χ4v) is 3.85. The molecule has 0 aliphatic carbocycles. The van der Waals surface area contributed by atoms with Gasteiger partial charge in [0.15, 0.2) is 0 Å². The van der Waals surface area contributed by atoms with E-state index in [0.29, 0.717) is 5.56 Å². The highest BCUT2D eigenvalue weighted by Crippen LogP contribution is 2.19. The van der Waals surface area contributed by atoms with Crippen molar-refractivity contribution in [1.82, 2.24) is 15.2 Å². The van der Waals surface area contributed by atoms with E-state index < -0.39 is 6.04 Å². The SMILES string of the molecule is O=C(CC(NC(=O)c1ccccc1)c1ccccc1)OCN1CCN(c2ccncc2)CC1. The van der Waals surface area contributed by atoms with Gasteiger partial charge in [-0.1, -0.05) is 48.5 Å². The number of rotatable bonds is 8. The number of benzene rings is 2. The van der Waals surface area contributed by atoms with Crippen molar-refractivity contribution in [2.45, 2.75) is 12.5 Å². The predicted molar refractivity (Wildman–Crippen MR) is 127 cm³/mol. The lowest BCUT2D eigenvalue weighted by molar-refractivity contribution is -0.149. The second-order valence-corrected chi connectivity index (χ2v) is 7.96. The monoisotopic (exact) mass is 444 g/mol. The molecule has 2 heterocycles. The van der Waals surface area contributed by atoms with E-state index in [1.807, 2.05) is 60.7 Å². The van der Waals surface area contributed by atoms with E-state index in [0.717, 1.165) is 37.4 Å². The lowest BCUT2D eigenvalue weighted by Crippen LogP contribution is -2.47. The maximum atomic E-state index is 12.7. The number of aromatic nitrogens is 1. The van der Waals surface area contributed by atoms with Crippen molar-refractivity contribution in [2.24, 2.45) is 0 Å². The number of piperazine rings is 1. The number of carbonyl (C=O) groups is 2. The van der Waals surface area contributed by atoms with Gasteiger partial charge >= 0.3 is 5.97 Å². The molecular weight excluding hydrogens is 416 g/mol. The zero-order valence-electron chi connectivity index (χ0n) is 18.5. The molecule has 3 aromatic rings. The Balaban J connectivity index is 1.29. The Morgan fingerprint density at radius 1 is 0.879 bits per heavy atom. The molecular formula is C26H28N4O3. The summed E-state index contributed by atoms with van der Waals surface area (Å²) < 4.78 is 5.57. The Kier molecular flexibility index (Phi) is 7.66. The molecule has 1 saturated heterocycles. The van der Waals surface area contributed by atoms with E-state index in [4.69, 9.17) is 4.74 Å². The second-order valence-electron chi connectivity index (χ2n) is 7.96. The summed E-state index contributed by atoms with van der Waals surface area (Å²) in [6.45, 7) is 3.59. The molecule has 1 aliphatic rings. The summed E-state index contributed by atoms with van der Waals surface area (Å²) in [5.41, 5.74) is 2.57. The molecule has 1 N–H and O–H groups in total. The first-order valence-corrected chi connectivity index (χ1v) is 11.1. The van der Waals surface area contributed by atoms with Gasteiger partial charge in [-0.25, -0.2) is 0 Å². The van der Waals surface area contributed by atoms with Crippen LogP contribution in [0.1, 0.15) is 28.4 Å². The largest absolute Gasteiger partial charge is 0.449 e. The molecule has 0 spiro atoms. The Morgan fingerprint density at radius 3 is 2.18 bits per heavy atom. The average Bonchev–Trinajstić information content (AvgIpc) is 2.89. The van der Waals surface area contributed by atoms with Crippen molar-refractivity contribution < 1.29 is 14.3 Å². The molecule has 7 nitrogen and oxygen atoms in total. The van der Waals surface area contributed by atoms with Crippen LogP contribution in [0.5, 0.6) is 0 Å². The van der Waals surface area contributed by atoms with Gasteiger partial charge in [0, 0.05) is 49.8 Å². The summed E-state index contributed by atoms with van der Waals surface area (Å²) in [6, 6.07) is 22.0. The molecule has 33 heavy (non-hydrogen) atoms. The number of anilines is 1. The van der Waals surface area contributed by atoms with Gasteiger partial charge in [-0.05, 0) is 29.8 Å². The predicted octanol–water partition coefficient (Wildman–Crippen LogP) is 3.27. The first-order valence-electron chi connectivity index (χ1n) is 11.1. The average molecular weight is 445 g/mol. The zero-order chi connectivity index (χ0) is 22.9. The number of hydrogen-bond acceptors (Lipinski definition) is 6. The molecule has 0 saturated carbocycles. The summed E-state index contributed by atoms with van der Waals surface area (Å²) in [4.78, 5) is 33.8. The highest BCUT2D eigenvalue weighted by Gasteiger charge is 2.22. The van der Waals surface area contributed by atoms with Crippen LogP contribution in [-0.2, 0) is 9.53 Å². The molecule has 4 rings (SSSR count). The first-order chi connectivity index (χ1) is 16.2. The lowest BCUT2D eigenvalue weighted by Gasteiger charge is -2.35. The second kappa shape index (κ2) is 11.2. The van der Waals surface area contributed by atoms with E-state index >= 15 is 0 Å². The van der Waals surface area contributed by atoms with E-state index in [1.165, 1.54) is 0 Å². The molecule has 1 atom stereocenters. The number of amides is 1. The topological polar surface area (TPSA) is 74.8 Å². The smallest absolute Gasteiger partial charge is 0.309 e. The standard InChI is InChI=1S/C26H28N4O3/c31-25(33-20-29-15-17-30(18-16-29)23-11-13-27-14-12-23)19-24(21-7-3-1-4-8-21)28-26(32)22-9-5-2-6-10-22/h1-14,24H,15-20H2,(H,28,32). The molecule has 0 bridgehead atoms. The minimum atomic E-state index is -0.463. The maximum Gasteiger partial charge on any atom is 0.309 e. The van der Waals surface area contributed by atoms with Crippen molar-refractivity contribution in [2.75, 3.05) is 37.8 Å². The summed E-state index contributed by atoms with van der Waals surface area (Å²) in [7, 11) is 0. The molecule has 170 valence electrons. The Labute approximate surface area is 194 Å². The van der Waals surface area contributed by atoms with Crippen LogP contribution in [0.4, 0.5) is 5.69 Å². The number of esters is 1. The van der Waals surface area contributed by atoms with E-state index in [1.54, 1.807) is 24.5 Å². The van der Waals surface area contributed by atoms with Gasteiger partial charge < -0.3 is 15.0 Å². The lowest BCUT2D eigenvalue weighted by atomic mass is 10.0. The Bertz CT molecular complexity index is 1020. The van der Waals surface area contributed by atoms with Gasteiger partial charge in [-0.15, -0.1) is 0 Å². The van der Waals surface area contributed by atoms with Crippen molar-refractivity contribution in [3.63, 3.8) is 0 Å². The zero-order valence-corrected chi connectivity index (χ0v) is 18.5. The van der Waals surface area contributed by atoms with Gasteiger partial charge in [0.2, 0.25) is 0 Å². The molecule has 1 fully saturated rings. The van der Waals surface area contributed by atoms with Gasteiger partial charge in [-0.2, -0.15) is 0 Å². The fraction of sp³-hybridized carbons (Fsp3) is 0.269. The summed E-state index contributed by atoms with van der Waals surface area (Å²) in [5.74, 6) is -0.557. The molecule has 1 unspecified atom stereocenters. The van der Waals surface area contributed by atoms with Gasteiger partial charge in [0.1, 0.15) is 6.73 Å². The fourth-order valence-electron chi connectivity index (χ4n) is 3.85. The quantitative estimate of drug-likeness (QED) is 0.538. The van der Waals surface area contributed by atoms with Crippen molar-refractivity contribution in [3.05, 3.63) is 96.3 Å². The third kappa shape index (κ3) is 6.40. The Morgan fingerprint density at radius 2 is 1.52 bits per heavy atom. The molecule has 1 aliphatic heterocycles. The number of nitrogens with one attached hydrogen (secondary N) is 1. The number of nitrogens with zero attached hydrogens (tertiary/aromatic N) is 3. The molecule has 1 aromatic heterocycles. The van der Waals surface area contributed by atoms with Crippen molar-refractivity contribution >= 4 is 17.6 Å². The summed E-state index contributed by atoms with van der Waals surface area (Å²) >= 11 is 0. The van der Waals surface area contributed by atoms with Crippen LogP contribution in [0.3, 0.4) is 0 Å². The van der Waals surface area contributed by atoms with Gasteiger partial charge in [-0.3, -0.25) is 19.5 Å². The first kappa shape index (κ1) is 22.5. The number of pyridine rings is 1. The number of ether oxygens (including phenoxy) is 1. The molecule has 0 radical (unpaired) electrons. The highest BCUT2D eigenvalue weighted by atomic mass is 16.5. The third-order valence-corrected chi connectivity index (χ3v) is 5.72. The summed E-state index contributed by atoms with van der Waals surface area (Å²) in [6.07, 6.45) is 3.66. The number of hydrogen-bond donors (Lipinski definition) is 1. The molecule has 2 aromatic carbocycles. The van der Waals surface area contributed by atoms with Crippen LogP contribution in [0, 0.1) is 0 Å². The normalized spacial score (nSPS) is 15.0. The summed E-state index contributed by atoms with van der Waals surface area (Å²) in [5, 5.41) is 2.98. The van der Waals surface area contributed by atoms with Crippen LogP contribution in [0.25, 0.3) is 0 Å². The minimum Gasteiger partial charge on any atom is -0.449 e. The van der Waals surface area contributed by atoms with E-state index in [-0.39, 0.29) is 25.0 Å². The van der Waals surface area contributed by atoms with Crippen LogP contribution in [0.2, 0.25) is 0 Å². The van der Waals surface area contributed by atoms with Gasteiger partial charge in [0.05, 0.1) is 12.5 Å². The number of carbonyl (C=O) groups excluding carboxylic acids is 2. The minimum absolute atomic E-state index is 0.0690.